The van der Waals surface area contributed by atoms with Gasteiger partial charge in [0.05, 0.1) is 0 Å². The Labute approximate surface area is 149 Å². The second-order valence-electron chi connectivity index (χ2n) is 10.3. The summed E-state index contributed by atoms with van der Waals surface area (Å²) in [5.74, 6) is 5.00. The average Bonchev–Trinajstić information content (AvgIpc) is 2.91. The predicted octanol–water partition coefficient (Wildman–Crippen LogP) is 6.40. The van der Waals surface area contributed by atoms with Crippen molar-refractivity contribution in [3.05, 3.63) is 0 Å². The third-order valence-corrected chi connectivity index (χ3v) is 9.65. The first-order chi connectivity index (χ1) is 11.6. The standard InChI is InChI=1S/C23H38O/c1-22-14-5-3-7-17(22)9-11-19-20-12-10-18(8-4-6-16-24)23(20,2)15-13-21(19)22/h16-21H,3-15H2,1-2H3/t17?,18?,19?,20?,21?,22-,23?/m0/s1. The molecule has 4 fully saturated rings. The zero-order valence-electron chi connectivity index (χ0n) is 16.1. The molecule has 4 aliphatic rings. The molecule has 0 heterocycles. The van der Waals surface area contributed by atoms with E-state index in [0.29, 0.717) is 10.8 Å². The monoisotopic (exact) mass is 330 g/mol. The summed E-state index contributed by atoms with van der Waals surface area (Å²) in [4.78, 5) is 10.7. The lowest BCUT2D eigenvalue weighted by Crippen LogP contribution is -2.52. The minimum absolute atomic E-state index is 0.599. The highest BCUT2D eigenvalue weighted by atomic mass is 16.1. The zero-order chi connectivity index (χ0) is 16.8. The van der Waals surface area contributed by atoms with Crippen LogP contribution in [0, 0.1) is 40.4 Å². The molecule has 0 spiro atoms. The predicted molar refractivity (Wildman–Crippen MR) is 99.7 cm³/mol. The van der Waals surface area contributed by atoms with Gasteiger partial charge in [-0.2, -0.15) is 0 Å². The van der Waals surface area contributed by atoms with Crippen LogP contribution in [-0.2, 0) is 4.79 Å². The number of carbonyl (C=O) groups excluding carboxylic acids is 1. The van der Waals surface area contributed by atoms with Gasteiger partial charge in [-0.1, -0.05) is 26.7 Å². The number of rotatable bonds is 4. The summed E-state index contributed by atoms with van der Waals surface area (Å²) in [6, 6.07) is 0. The highest BCUT2D eigenvalue weighted by Crippen LogP contribution is 2.67. The Balaban J connectivity index is 1.51. The molecule has 4 saturated carbocycles. The molecule has 1 nitrogen and oxygen atoms in total. The molecule has 0 bridgehead atoms. The van der Waals surface area contributed by atoms with E-state index >= 15 is 0 Å². The van der Waals surface area contributed by atoms with E-state index in [1.54, 1.807) is 0 Å². The van der Waals surface area contributed by atoms with Crippen LogP contribution in [0.15, 0.2) is 0 Å². The van der Waals surface area contributed by atoms with Crippen molar-refractivity contribution in [1.82, 2.24) is 0 Å². The fraction of sp³-hybridized carbons (Fsp3) is 0.957. The number of hydrogen-bond donors (Lipinski definition) is 0. The highest BCUT2D eigenvalue weighted by molar-refractivity contribution is 5.48. The molecular formula is C23H38O. The van der Waals surface area contributed by atoms with Crippen LogP contribution in [0.4, 0.5) is 0 Å². The summed E-state index contributed by atoms with van der Waals surface area (Å²) >= 11 is 0. The Hall–Kier alpha value is -0.330. The van der Waals surface area contributed by atoms with Gasteiger partial charge < -0.3 is 4.79 Å². The van der Waals surface area contributed by atoms with Crippen LogP contribution in [0.1, 0.15) is 97.3 Å². The van der Waals surface area contributed by atoms with Crippen LogP contribution in [0.3, 0.4) is 0 Å². The molecule has 0 N–H and O–H groups in total. The van der Waals surface area contributed by atoms with E-state index in [4.69, 9.17) is 0 Å². The largest absolute Gasteiger partial charge is 0.303 e. The Morgan fingerprint density at radius 3 is 2.54 bits per heavy atom. The molecule has 0 radical (unpaired) electrons. The Morgan fingerprint density at radius 1 is 0.875 bits per heavy atom. The van der Waals surface area contributed by atoms with Crippen molar-refractivity contribution in [3.8, 4) is 0 Å². The van der Waals surface area contributed by atoms with Crippen molar-refractivity contribution in [3.63, 3.8) is 0 Å². The topological polar surface area (TPSA) is 17.1 Å². The van der Waals surface area contributed by atoms with Gasteiger partial charge in [0.25, 0.3) is 0 Å². The molecule has 0 aliphatic heterocycles. The lowest BCUT2D eigenvalue weighted by molar-refractivity contribution is -0.112. The minimum atomic E-state index is 0.599. The molecule has 6 unspecified atom stereocenters. The van der Waals surface area contributed by atoms with Gasteiger partial charge in [0.1, 0.15) is 6.29 Å². The van der Waals surface area contributed by atoms with E-state index in [1.807, 2.05) is 0 Å². The van der Waals surface area contributed by atoms with Crippen LogP contribution in [0.2, 0.25) is 0 Å². The second kappa shape index (κ2) is 6.44. The third kappa shape index (κ3) is 2.52. The molecule has 0 aromatic carbocycles. The maximum atomic E-state index is 10.7. The third-order valence-electron chi connectivity index (χ3n) is 9.65. The van der Waals surface area contributed by atoms with Gasteiger partial charge in [0.15, 0.2) is 0 Å². The first-order valence-corrected chi connectivity index (χ1v) is 11.0. The molecule has 4 rings (SSSR count). The summed E-state index contributed by atoms with van der Waals surface area (Å²) in [5, 5.41) is 0. The fourth-order valence-corrected chi connectivity index (χ4v) is 8.33. The van der Waals surface area contributed by atoms with E-state index in [-0.39, 0.29) is 0 Å². The molecule has 136 valence electrons. The molecule has 0 aromatic rings. The Morgan fingerprint density at radius 2 is 1.71 bits per heavy atom. The summed E-state index contributed by atoms with van der Waals surface area (Å²) in [7, 11) is 0. The lowest BCUT2D eigenvalue weighted by atomic mass is 9.45. The molecular weight excluding hydrogens is 292 g/mol. The van der Waals surface area contributed by atoms with Crippen LogP contribution in [0.25, 0.3) is 0 Å². The average molecular weight is 331 g/mol. The van der Waals surface area contributed by atoms with Crippen molar-refractivity contribution >= 4 is 6.29 Å². The second-order valence-corrected chi connectivity index (χ2v) is 10.3. The van der Waals surface area contributed by atoms with E-state index < -0.39 is 0 Å². The van der Waals surface area contributed by atoms with Crippen molar-refractivity contribution in [2.75, 3.05) is 0 Å². The van der Waals surface area contributed by atoms with E-state index in [2.05, 4.69) is 13.8 Å². The quantitative estimate of drug-likeness (QED) is 0.430. The molecule has 7 atom stereocenters. The smallest absolute Gasteiger partial charge is 0.119 e. The minimum Gasteiger partial charge on any atom is -0.303 e. The van der Waals surface area contributed by atoms with Crippen molar-refractivity contribution in [2.24, 2.45) is 40.4 Å². The number of hydrogen-bond acceptors (Lipinski definition) is 1. The maximum absolute atomic E-state index is 10.7. The van der Waals surface area contributed by atoms with Crippen molar-refractivity contribution in [2.45, 2.75) is 97.3 Å². The number of carbonyl (C=O) groups is 1. The lowest BCUT2D eigenvalue weighted by Gasteiger charge is -2.60. The normalized spacial score (nSPS) is 50.7. The van der Waals surface area contributed by atoms with Gasteiger partial charge in [0, 0.05) is 6.42 Å². The van der Waals surface area contributed by atoms with Gasteiger partial charge in [-0.15, -0.1) is 0 Å². The van der Waals surface area contributed by atoms with Crippen molar-refractivity contribution < 1.29 is 4.79 Å². The molecule has 0 aromatic heterocycles. The van der Waals surface area contributed by atoms with Crippen LogP contribution < -0.4 is 0 Å². The molecule has 0 saturated heterocycles. The van der Waals surface area contributed by atoms with Gasteiger partial charge in [-0.05, 0) is 105 Å². The number of fused-ring (bicyclic) bond motifs is 5. The van der Waals surface area contributed by atoms with Gasteiger partial charge in [0.2, 0.25) is 0 Å². The summed E-state index contributed by atoms with van der Waals surface area (Å²) in [5.41, 5.74) is 1.28. The van der Waals surface area contributed by atoms with Gasteiger partial charge in [-0.3, -0.25) is 0 Å². The van der Waals surface area contributed by atoms with Crippen LogP contribution in [0.5, 0.6) is 0 Å². The molecule has 0 amide bonds. The Kier molecular flexibility index (Phi) is 4.59. The first kappa shape index (κ1) is 17.1. The van der Waals surface area contributed by atoms with Gasteiger partial charge >= 0.3 is 0 Å². The summed E-state index contributed by atoms with van der Waals surface area (Å²) in [6.45, 7) is 5.33. The zero-order valence-corrected chi connectivity index (χ0v) is 16.1. The summed E-state index contributed by atoms with van der Waals surface area (Å²) in [6.07, 6.45) is 19.4. The van der Waals surface area contributed by atoms with E-state index in [1.165, 1.54) is 70.6 Å². The molecule has 1 heteroatoms. The van der Waals surface area contributed by atoms with E-state index in [0.717, 1.165) is 48.7 Å². The Bertz CT molecular complexity index is 471. The number of aldehydes is 1. The number of unbranched alkanes of at least 4 members (excludes halogenated alkanes) is 1. The van der Waals surface area contributed by atoms with Gasteiger partial charge in [-0.25, -0.2) is 0 Å². The van der Waals surface area contributed by atoms with E-state index in [9.17, 15) is 4.79 Å². The molecule has 24 heavy (non-hydrogen) atoms. The van der Waals surface area contributed by atoms with Crippen molar-refractivity contribution in [1.29, 1.82) is 0 Å². The summed E-state index contributed by atoms with van der Waals surface area (Å²) < 4.78 is 0. The maximum Gasteiger partial charge on any atom is 0.119 e. The molecule has 4 aliphatic carbocycles. The highest BCUT2D eigenvalue weighted by Gasteiger charge is 2.59. The fourth-order valence-electron chi connectivity index (χ4n) is 8.33. The SMILES string of the molecule is CC12CCC3C(CCC4CCCC[C@@]43C)C1CCC2CCCC=O. The van der Waals surface area contributed by atoms with Crippen LogP contribution >= 0.6 is 0 Å². The van der Waals surface area contributed by atoms with Crippen LogP contribution in [-0.4, -0.2) is 6.29 Å². The first-order valence-electron chi connectivity index (χ1n) is 11.0.